The molecule has 4 heteroatoms. The van der Waals surface area contributed by atoms with Crippen LogP contribution in [0, 0.1) is 5.82 Å². The summed E-state index contributed by atoms with van der Waals surface area (Å²) in [5, 5.41) is 3.36. The van der Waals surface area contributed by atoms with Crippen LogP contribution >= 0.6 is 15.9 Å². The number of halogens is 2. The molecule has 0 bridgehead atoms. The van der Waals surface area contributed by atoms with Gasteiger partial charge in [0.15, 0.2) is 0 Å². The second-order valence-electron chi connectivity index (χ2n) is 5.41. The molecule has 0 radical (unpaired) electrons. The molecule has 0 aliphatic heterocycles. The molecular formula is C16H23BrFNO. The second kappa shape index (κ2) is 8.75. The predicted octanol–water partition coefficient (Wildman–Crippen LogP) is 4.42. The Balaban J connectivity index is 1.53. The minimum Gasteiger partial charge on any atom is -0.378 e. The number of hydrogen-bond donors (Lipinski definition) is 1. The lowest BCUT2D eigenvalue weighted by Gasteiger charge is -2.21. The van der Waals surface area contributed by atoms with Crippen LogP contribution in [0.3, 0.4) is 0 Å². The van der Waals surface area contributed by atoms with Crippen LogP contribution in [-0.2, 0) is 11.3 Å². The Hall–Kier alpha value is -0.450. The van der Waals surface area contributed by atoms with Gasteiger partial charge in [0, 0.05) is 13.2 Å². The van der Waals surface area contributed by atoms with E-state index in [1.54, 1.807) is 0 Å². The average molecular weight is 344 g/mol. The fourth-order valence-electron chi connectivity index (χ4n) is 2.56. The molecule has 1 aromatic rings. The van der Waals surface area contributed by atoms with Crippen LogP contribution < -0.4 is 5.32 Å². The van der Waals surface area contributed by atoms with E-state index in [4.69, 9.17) is 4.74 Å². The largest absolute Gasteiger partial charge is 0.378 e. The fraction of sp³-hybridized carbons (Fsp3) is 0.625. The van der Waals surface area contributed by atoms with E-state index in [-0.39, 0.29) is 5.82 Å². The maximum Gasteiger partial charge on any atom is 0.137 e. The van der Waals surface area contributed by atoms with Gasteiger partial charge < -0.3 is 10.1 Å². The third-order valence-corrected chi connectivity index (χ3v) is 4.32. The van der Waals surface area contributed by atoms with Gasteiger partial charge in [-0.25, -0.2) is 4.39 Å². The first kappa shape index (κ1) is 15.9. The summed E-state index contributed by atoms with van der Waals surface area (Å²) in [7, 11) is 0. The Morgan fingerprint density at radius 2 is 2.05 bits per heavy atom. The topological polar surface area (TPSA) is 21.3 Å². The highest BCUT2D eigenvalue weighted by molar-refractivity contribution is 9.10. The lowest BCUT2D eigenvalue weighted by molar-refractivity contribution is 0.0273. The Morgan fingerprint density at radius 1 is 1.25 bits per heavy atom. The molecule has 0 amide bonds. The van der Waals surface area contributed by atoms with Gasteiger partial charge in [0.1, 0.15) is 5.82 Å². The van der Waals surface area contributed by atoms with Gasteiger partial charge in [-0.3, -0.25) is 0 Å². The minimum atomic E-state index is -0.213. The van der Waals surface area contributed by atoms with Gasteiger partial charge in [0.05, 0.1) is 10.6 Å². The number of nitrogens with one attached hydrogen (secondary N) is 1. The molecule has 1 aromatic carbocycles. The highest BCUT2D eigenvalue weighted by atomic mass is 79.9. The molecule has 0 spiro atoms. The van der Waals surface area contributed by atoms with Crippen molar-refractivity contribution >= 4 is 15.9 Å². The fourth-order valence-corrected chi connectivity index (χ4v) is 2.99. The van der Waals surface area contributed by atoms with Crippen LogP contribution in [0.25, 0.3) is 0 Å². The molecule has 2 rings (SSSR count). The summed E-state index contributed by atoms with van der Waals surface area (Å²) in [4.78, 5) is 0. The summed E-state index contributed by atoms with van der Waals surface area (Å²) in [5.41, 5.74) is 1.09. The van der Waals surface area contributed by atoms with Gasteiger partial charge in [-0.05, 0) is 59.4 Å². The molecule has 0 saturated heterocycles. The SMILES string of the molecule is Fc1ccc(CNCCCOC2CCCCC2)cc1Br. The van der Waals surface area contributed by atoms with Crippen LogP contribution in [0.15, 0.2) is 22.7 Å². The Morgan fingerprint density at radius 3 is 2.80 bits per heavy atom. The number of hydrogen-bond acceptors (Lipinski definition) is 2. The maximum absolute atomic E-state index is 13.1. The molecule has 20 heavy (non-hydrogen) atoms. The zero-order valence-corrected chi connectivity index (χ0v) is 13.4. The summed E-state index contributed by atoms with van der Waals surface area (Å²) >= 11 is 3.20. The van der Waals surface area contributed by atoms with Gasteiger partial charge in [0.2, 0.25) is 0 Å². The van der Waals surface area contributed by atoms with E-state index in [9.17, 15) is 4.39 Å². The van der Waals surface area contributed by atoms with E-state index in [1.165, 1.54) is 38.2 Å². The van der Waals surface area contributed by atoms with Crippen LogP contribution in [0.4, 0.5) is 4.39 Å². The van der Waals surface area contributed by atoms with E-state index in [0.717, 1.165) is 31.7 Å². The van der Waals surface area contributed by atoms with Crippen molar-refractivity contribution in [3.05, 3.63) is 34.1 Å². The Labute approximate surface area is 129 Å². The molecule has 1 aliphatic carbocycles. The first-order valence-corrected chi connectivity index (χ1v) is 8.31. The zero-order chi connectivity index (χ0) is 14.2. The number of rotatable bonds is 7. The summed E-state index contributed by atoms with van der Waals surface area (Å²) in [6, 6.07) is 5.12. The van der Waals surface area contributed by atoms with E-state index in [0.29, 0.717) is 10.6 Å². The monoisotopic (exact) mass is 343 g/mol. The predicted molar refractivity (Wildman–Crippen MR) is 83.2 cm³/mol. The van der Waals surface area contributed by atoms with Crippen molar-refractivity contribution < 1.29 is 9.13 Å². The standard InChI is InChI=1S/C16H23BrFNO/c17-15-11-13(7-8-16(15)18)12-19-9-4-10-20-14-5-2-1-3-6-14/h7-8,11,14,19H,1-6,9-10,12H2. The molecule has 1 N–H and O–H groups in total. The Kier molecular flexibility index (Phi) is 6.97. The van der Waals surface area contributed by atoms with Crippen molar-refractivity contribution in [3.63, 3.8) is 0 Å². The second-order valence-corrected chi connectivity index (χ2v) is 6.26. The van der Waals surface area contributed by atoms with Crippen molar-refractivity contribution in [3.8, 4) is 0 Å². The van der Waals surface area contributed by atoms with Gasteiger partial charge in [-0.15, -0.1) is 0 Å². The van der Waals surface area contributed by atoms with Crippen LogP contribution in [0.2, 0.25) is 0 Å². The molecule has 0 heterocycles. The van der Waals surface area contributed by atoms with Crippen molar-refractivity contribution in [1.82, 2.24) is 5.32 Å². The maximum atomic E-state index is 13.1. The molecule has 1 saturated carbocycles. The summed E-state index contributed by atoms with van der Waals surface area (Å²) < 4.78 is 19.5. The molecule has 0 unspecified atom stereocenters. The van der Waals surface area contributed by atoms with Crippen LogP contribution in [-0.4, -0.2) is 19.3 Å². The minimum absolute atomic E-state index is 0.213. The van der Waals surface area contributed by atoms with E-state index < -0.39 is 0 Å². The van der Waals surface area contributed by atoms with Crippen LogP contribution in [0.5, 0.6) is 0 Å². The molecule has 1 aliphatic rings. The lowest BCUT2D eigenvalue weighted by atomic mass is 9.98. The number of benzene rings is 1. The van der Waals surface area contributed by atoms with E-state index >= 15 is 0 Å². The van der Waals surface area contributed by atoms with Crippen molar-refractivity contribution in [2.75, 3.05) is 13.2 Å². The highest BCUT2D eigenvalue weighted by Crippen LogP contribution is 2.20. The third kappa shape index (κ3) is 5.51. The molecule has 1 fully saturated rings. The molecule has 0 aromatic heterocycles. The molecule has 2 nitrogen and oxygen atoms in total. The van der Waals surface area contributed by atoms with Crippen molar-refractivity contribution in [1.29, 1.82) is 0 Å². The quantitative estimate of drug-likeness (QED) is 0.740. The molecular weight excluding hydrogens is 321 g/mol. The first-order valence-electron chi connectivity index (χ1n) is 7.52. The smallest absolute Gasteiger partial charge is 0.137 e. The lowest BCUT2D eigenvalue weighted by Crippen LogP contribution is -2.20. The highest BCUT2D eigenvalue weighted by Gasteiger charge is 2.12. The van der Waals surface area contributed by atoms with Gasteiger partial charge in [0.25, 0.3) is 0 Å². The van der Waals surface area contributed by atoms with Gasteiger partial charge in [-0.2, -0.15) is 0 Å². The zero-order valence-electron chi connectivity index (χ0n) is 11.8. The number of ether oxygens (including phenoxy) is 1. The van der Waals surface area contributed by atoms with Crippen molar-refractivity contribution in [2.24, 2.45) is 0 Å². The Bertz CT molecular complexity index is 407. The molecule has 0 atom stereocenters. The third-order valence-electron chi connectivity index (χ3n) is 3.72. The van der Waals surface area contributed by atoms with Gasteiger partial charge >= 0.3 is 0 Å². The van der Waals surface area contributed by atoms with Gasteiger partial charge in [-0.1, -0.05) is 25.3 Å². The van der Waals surface area contributed by atoms with E-state index in [2.05, 4.69) is 21.2 Å². The summed E-state index contributed by atoms with van der Waals surface area (Å²) in [5.74, 6) is -0.213. The molecule has 112 valence electrons. The van der Waals surface area contributed by atoms with E-state index in [1.807, 2.05) is 12.1 Å². The average Bonchev–Trinajstić information content (AvgIpc) is 2.47. The normalized spacial score (nSPS) is 16.5. The van der Waals surface area contributed by atoms with Crippen molar-refractivity contribution in [2.45, 2.75) is 51.2 Å². The van der Waals surface area contributed by atoms with Crippen LogP contribution in [0.1, 0.15) is 44.1 Å². The summed E-state index contributed by atoms with van der Waals surface area (Å²) in [6.45, 7) is 2.54. The summed E-state index contributed by atoms with van der Waals surface area (Å²) in [6.07, 6.45) is 8.00. The first-order chi connectivity index (χ1) is 9.75.